The van der Waals surface area contributed by atoms with E-state index in [2.05, 4.69) is 10.1 Å². The van der Waals surface area contributed by atoms with Gasteiger partial charge < -0.3 is 19.2 Å². The summed E-state index contributed by atoms with van der Waals surface area (Å²) in [4.78, 5) is 23.6. The average Bonchev–Trinajstić information content (AvgIpc) is 3.07. The first-order valence-corrected chi connectivity index (χ1v) is 7.71. The summed E-state index contributed by atoms with van der Waals surface area (Å²) in [6.45, 7) is 0. The molecule has 1 heterocycles. The summed E-state index contributed by atoms with van der Waals surface area (Å²) in [5.74, 6) is -0.943. The number of esters is 1. The summed E-state index contributed by atoms with van der Waals surface area (Å²) in [7, 11) is 1.25. The van der Waals surface area contributed by atoms with Crippen molar-refractivity contribution in [3.8, 4) is 5.75 Å². The molecule has 6 nitrogen and oxygen atoms in total. The first kappa shape index (κ1) is 18.4. The Kier molecular flexibility index (Phi) is 5.99. The van der Waals surface area contributed by atoms with Crippen molar-refractivity contribution in [3.05, 3.63) is 54.0 Å². The number of methoxy groups -OCH3 is 1. The number of carbonyl (C=O) groups is 2. The maximum atomic E-state index is 12.0. The predicted molar refractivity (Wildman–Crippen MR) is 88.7 cm³/mol. The van der Waals surface area contributed by atoms with Crippen molar-refractivity contribution in [2.24, 2.45) is 0 Å². The number of ether oxygens (including phenoxy) is 2. The summed E-state index contributed by atoms with van der Waals surface area (Å²) < 4.78 is 13.1. The van der Waals surface area contributed by atoms with Crippen LogP contribution in [0.5, 0.6) is 5.75 Å². The summed E-state index contributed by atoms with van der Waals surface area (Å²) in [5, 5.41) is 2.40. The third-order valence-electron chi connectivity index (χ3n) is 2.81. The molecule has 0 saturated carbocycles. The van der Waals surface area contributed by atoms with Gasteiger partial charge in [0.1, 0.15) is 5.75 Å². The van der Waals surface area contributed by atoms with Crippen LogP contribution in [-0.4, -0.2) is 29.0 Å². The number of halogens is 3. The SMILES string of the molecule is COC(=O)c1cccc(O[C@@H](NC(=O)c2ccco2)C(Cl)(Cl)Cl)c1. The van der Waals surface area contributed by atoms with Crippen molar-refractivity contribution in [2.75, 3.05) is 7.11 Å². The van der Waals surface area contributed by atoms with Gasteiger partial charge in [0.2, 0.25) is 10.0 Å². The van der Waals surface area contributed by atoms with E-state index in [1.54, 1.807) is 12.1 Å². The van der Waals surface area contributed by atoms with Gasteiger partial charge >= 0.3 is 5.97 Å². The summed E-state index contributed by atoms with van der Waals surface area (Å²) in [5.41, 5.74) is 0.246. The molecule has 0 bridgehead atoms. The zero-order valence-electron chi connectivity index (χ0n) is 12.3. The highest BCUT2D eigenvalue weighted by Gasteiger charge is 2.37. The molecule has 1 atom stereocenters. The van der Waals surface area contributed by atoms with Crippen LogP contribution in [0.15, 0.2) is 47.1 Å². The van der Waals surface area contributed by atoms with Crippen LogP contribution in [0.4, 0.5) is 0 Å². The van der Waals surface area contributed by atoms with E-state index in [-0.39, 0.29) is 17.1 Å². The first-order valence-electron chi connectivity index (χ1n) is 6.57. The number of carbonyl (C=O) groups excluding carboxylic acids is 2. The van der Waals surface area contributed by atoms with Crippen LogP contribution < -0.4 is 10.1 Å². The van der Waals surface area contributed by atoms with Crippen molar-refractivity contribution < 1.29 is 23.5 Å². The van der Waals surface area contributed by atoms with Gasteiger partial charge in [-0.1, -0.05) is 40.9 Å². The number of amides is 1. The predicted octanol–water partition coefficient (Wildman–Crippen LogP) is 3.57. The molecule has 1 amide bonds. The Hall–Kier alpha value is -1.89. The highest BCUT2D eigenvalue weighted by atomic mass is 35.6. The zero-order chi connectivity index (χ0) is 17.7. The van der Waals surface area contributed by atoms with Gasteiger partial charge in [-0.05, 0) is 30.3 Å². The van der Waals surface area contributed by atoms with Crippen molar-refractivity contribution in [1.82, 2.24) is 5.32 Å². The average molecular weight is 393 g/mol. The van der Waals surface area contributed by atoms with E-state index in [4.69, 9.17) is 44.0 Å². The van der Waals surface area contributed by atoms with Gasteiger partial charge in [-0.25, -0.2) is 4.79 Å². The van der Waals surface area contributed by atoms with E-state index in [1.165, 1.54) is 37.6 Å². The molecule has 0 spiro atoms. The second kappa shape index (κ2) is 7.79. The summed E-state index contributed by atoms with van der Waals surface area (Å²) in [6, 6.07) is 9.02. The molecule has 2 aromatic rings. The number of furan rings is 1. The second-order valence-corrected chi connectivity index (χ2v) is 6.88. The quantitative estimate of drug-likeness (QED) is 0.478. The second-order valence-electron chi connectivity index (χ2n) is 4.51. The molecule has 24 heavy (non-hydrogen) atoms. The smallest absolute Gasteiger partial charge is 0.337 e. The third kappa shape index (κ3) is 4.80. The fourth-order valence-corrected chi connectivity index (χ4v) is 2.02. The standard InChI is InChI=1S/C15H12Cl3NO5/c1-22-13(21)9-4-2-5-10(8-9)24-14(15(16,17)18)19-12(20)11-6-3-7-23-11/h2-8,14H,1H3,(H,19,20)/t14-/m1/s1. The molecule has 9 heteroatoms. The maximum Gasteiger partial charge on any atom is 0.337 e. The molecule has 0 fully saturated rings. The molecule has 0 aliphatic rings. The van der Waals surface area contributed by atoms with E-state index in [0.717, 1.165) is 0 Å². The molecular formula is C15H12Cl3NO5. The van der Waals surface area contributed by atoms with Crippen molar-refractivity contribution in [2.45, 2.75) is 10.0 Å². The zero-order valence-corrected chi connectivity index (χ0v) is 14.6. The monoisotopic (exact) mass is 391 g/mol. The molecule has 0 aliphatic carbocycles. The topological polar surface area (TPSA) is 77.8 Å². The van der Waals surface area contributed by atoms with Crippen LogP contribution >= 0.6 is 34.8 Å². The Labute approximate surface area is 152 Å². The van der Waals surface area contributed by atoms with E-state index in [9.17, 15) is 9.59 Å². The van der Waals surface area contributed by atoms with E-state index in [0.29, 0.717) is 0 Å². The summed E-state index contributed by atoms with van der Waals surface area (Å²) in [6.07, 6.45) is 0.00735. The largest absolute Gasteiger partial charge is 0.466 e. The lowest BCUT2D eigenvalue weighted by Gasteiger charge is -2.26. The molecule has 1 aromatic carbocycles. The highest BCUT2D eigenvalue weighted by molar-refractivity contribution is 6.68. The van der Waals surface area contributed by atoms with Gasteiger partial charge in [-0.2, -0.15) is 0 Å². The minimum Gasteiger partial charge on any atom is -0.466 e. The van der Waals surface area contributed by atoms with Crippen LogP contribution in [0, 0.1) is 0 Å². The Morgan fingerprint density at radius 1 is 1.21 bits per heavy atom. The fraction of sp³-hybridized carbons (Fsp3) is 0.200. The van der Waals surface area contributed by atoms with E-state index >= 15 is 0 Å². The number of hydrogen-bond donors (Lipinski definition) is 1. The lowest BCUT2D eigenvalue weighted by atomic mass is 10.2. The lowest BCUT2D eigenvalue weighted by Crippen LogP contribution is -2.47. The van der Waals surface area contributed by atoms with Crippen LogP contribution in [0.2, 0.25) is 0 Å². The number of hydrogen-bond acceptors (Lipinski definition) is 5. The van der Waals surface area contributed by atoms with Gasteiger partial charge in [0.15, 0.2) is 5.76 Å². The normalized spacial score (nSPS) is 12.3. The Morgan fingerprint density at radius 3 is 2.54 bits per heavy atom. The molecule has 0 radical (unpaired) electrons. The maximum absolute atomic E-state index is 12.0. The molecule has 2 rings (SSSR count). The minimum atomic E-state index is -1.97. The van der Waals surface area contributed by atoms with Gasteiger partial charge in [-0.3, -0.25) is 4.79 Å². The van der Waals surface area contributed by atoms with Gasteiger partial charge in [0.25, 0.3) is 5.91 Å². The summed E-state index contributed by atoms with van der Waals surface area (Å²) >= 11 is 17.6. The van der Waals surface area contributed by atoms with Crippen LogP contribution in [-0.2, 0) is 4.74 Å². The van der Waals surface area contributed by atoms with Gasteiger partial charge in [0, 0.05) is 0 Å². The molecular weight excluding hydrogens is 381 g/mol. The Balaban J connectivity index is 2.18. The number of alkyl halides is 3. The Bertz CT molecular complexity index is 712. The van der Waals surface area contributed by atoms with Crippen LogP contribution in [0.25, 0.3) is 0 Å². The number of rotatable bonds is 5. The van der Waals surface area contributed by atoms with E-state index in [1.807, 2.05) is 0 Å². The van der Waals surface area contributed by atoms with Crippen molar-refractivity contribution >= 4 is 46.7 Å². The van der Waals surface area contributed by atoms with Gasteiger partial charge in [0.05, 0.1) is 18.9 Å². The van der Waals surface area contributed by atoms with Crippen molar-refractivity contribution in [1.29, 1.82) is 0 Å². The highest BCUT2D eigenvalue weighted by Crippen LogP contribution is 2.32. The first-order chi connectivity index (χ1) is 11.3. The van der Waals surface area contributed by atoms with Crippen LogP contribution in [0.3, 0.4) is 0 Å². The minimum absolute atomic E-state index is 0.0289. The number of nitrogens with one attached hydrogen (secondary N) is 1. The lowest BCUT2D eigenvalue weighted by molar-refractivity contribution is 0.0598. The molecule has 0 aliphatic heterocycles. The molecule has 0 saturated heterocycles. The fourth-order valence-electron chi connectivity index (χ4n) is 1.73. The van der Waals surface area contributed by atoms with Crippen LogP contribution in [0.1, 0.15) is 20.9 Å². The molecule has 0 unspecified atom stereocenters. The molecule has 1 aromatic heterocycles. The molecule has 1 N–H and O–H groups in total. The molecule has 128 valence electrons. The Morgan fingerprint density at radius 2 is 1.96 bits per heavy atom. The number of benzene rings is 1. The van der Waals surface area contributed by atoms with E-state index < -0.39 is 21.9 Å². The van der Waals surface area contributed by atoms with Crippen molar-refractivity contribution in [3.63, 3.8) is 0 Å². The third-order valence-corrected chi connectivity index (χ3v) is 3.41. The van der Waals surface area contributed by atoms with Gasteiger partial charge in [-0.15, -0.1) is 0 Å².